The molecule has 2 N–H and O–H groups in total. The fourth-order valence-corrected chi connectivity index (χ4v) is 1.45. The van der Waals surface area contributed by atoms with Crippen LogP contribution < -0.4 is 5.32 Å². The highest BCUT2D eigenvalue weighted by Gasteiger charge is 2.08. The van der Waals surface area contributed by atoms with Gasteiger partial charge < -0.3 is 9.84 Å². The molecule has 0 fully saturated rings. The van der Waals surface area contributed by atoms with Crippen molar-refractivity contribution < 1.29 is 14.6 Å². The number of nitrogens with zero attached hydrogens (tertiary/aromatic N) is 2. The van der Waals surface area contributed by atoms with Crippen LogP contribution in [0.15, 0.2) is 42.9 Å². The maximum atomic E-state index is 11.6. The molecule has 19 heavy (non-hydrogen) atoms. The first-order chi connectivity index (χ1) is 9.29. The average Bonchev–Trinajstić information content (AvgIpc) is 2.47. The number of benzene rings is 1. The minimum Gasteiger partial charge on any atom is -0.444 e. The highest BCUT2D eigenvalue weighted by Crippen LogP contribution is 2.11. The molecule has 0 spiro atoms. The number of aromatic nitrogens is 2. The Morgan fingerprint density at radius 1 is 1.32 bits per heavy atom. The lowest BCUT2D eigenvalue weighted by Gasteiger charge is -2.08. The van der Waals surface area contributed by atoms with E-state index in [0.29, 0.717) is 11.4 Å². The first-order valence-electron chi connectivity index (χ1n) is 5.67. The molecule has 0 aliphatic rings. The molecular formula is C13H13N3O3. The van der Waals surface area contributed by atoms with Crippen molar-refractivity contribution in [2.75, 3.05) is 5.32 Å². The molecule has 0 bridgehead atoms. The zero-order valence-electron chi connectivity index (χ0n) is 10.1. The Balaban J connectivity index is 1.91. The van der Waals surface area contributed by atoms with E-state index in [1.807, 2.05) is 30.3 Å². The molecule has 0 aliphatic carbocycles. The maximum absolute atomic E-state index is 11.6. The van der Waals surface area contributed by atoms with Gasteiger partial charge in [-0.3, -0.25) is 5.32 Å². The summed E-state index contributed by atoms with van der Waals surface area (Å²) in [6.07, 6.45) is 2.09. The van der Waals surface area contributed by atoms with Gasteiger partial charge in [-0.1, -0.05) is 30.3 Å². The van der Waals surface area contributed by atoms with Crippen molar-refractivity contribution >= 4 is 11.8 Å². The van der Waals surface area contributed by atoms with Crippen molar-refractivity contribution in [3.8, 4) is 0 Å². The highest BCUT2D eigenvalue weighted by atomic mass is 16.5. The Morgan fingerprint density at radius 2 is 2.11 bits per heavy atom. The Bertz CT molecular complexity index is 546. The third kappa shape index (κ3) is 3.75. The summed E-state index contributed by atoms with van der Waals surface area (Å²) in [5.41, 5.74) is 1.57. The summed E-state index contributed by atoms with van der Waals surface area (Å²) in [7, 11) is 0. The van der Waals surface area contributed by atoms with E-state index in [9.17, 15) is 4.79 Å². The largest absolute Gasteiger partial charge is 0.444 e. The van der Waals surface area contributed by atoms with Gasteiger partial charge in [0.05, 0.1) is 24.2 Å². The van der Waals surface area contributed by atoms with Crippen molar-refractivity contribution in [3.63, 3.8) is 0 Å². The summed E-state index contributed by atoms with van der Waals surface area (Å²) in [4.78, 5) is 19.2. The van der Waals surface area contributed by atoms with Crippen LogP contribution in [0.4, 0.5) is 10.5 Å². The number of hydrogen-bond acceptors (Lipinski definition) is 5. The SMILES string of the molecule is O=C(Nc1cncnc1CO)OCc1ccccc1. The van der Waals surface area contributed by atoms with Crippen LogP contribution >= 0.6 is 0 Å². The van der Waals surface area contributed by atoms with E-state index in [0.717, 1.165) is 5.56 Å². The zero-order valence-corrected chi connectivity index (χ0v) is 10.1. The maximum Gasteiger partial charge on any atom is 0.412 e. The molecule has 1 aromatic heterocycles. The third-order valence-electron chi connectivity index (χ3n) is 2.39. The number of ether oxygens (including phenoxy) is 1. The minimum absolute atomic E-state index is 0.175. The van der Waals surface area contributed by atoms with Crippen LogP contribution in [0.1, 0.15) is 11.3 Å². The Morgan fingerprint density at radius 3 is 2.84 bits per heavy atom. The van der Waals surface area contributed by atoms with Gasteiger partial charge in [0.15, 0.2) is 0 Å². The molecule has 1 aromatic carbocycles. The number of carbonyl (C=O) groups excluding carboxylic acids is 1. The number of amides is 1. The molecule has 2 aromatic rings. The van der Waals surface area contributed by atoms with Crippen molar-refractivity contribution in [1.29, 1.82) is 0 Å². The number of nitrogens with one attached hydrogen (secondary N) is 1. The second-order valence-corrected chi connectivity index (χ2v) is 3.73. The van der Waals surface area contributed by atoms with Gasteiger partial charge in [-0.2, -0.15) is 0 Å². The normalized spacial score (nSPS) is 9.95. The molecule has 0 unspecified atom stereocenters. The fraction of sp³-hybridized carbons (Fsp3) is 0.154. The minimum atomic E-state index is -0.617. The molecule has 0 atom stereocenters. The van der Waals surface area contributed by atoms with Crippen molar-refractivity contribution in [3.05, 3.63) is 54.1 Å². The quantitative estimate of drug-likeness (QED) is 0.873. The Kier molecular flexibility index (Phi) is 4.41. The Hall–Kier alpha value is -2.47. The van der Waals surface area contributed by atoms with Gasteiger partial charge in [-0.05, 0) is 5.56 Å². The third-order valence-corrected chi connectivity index (χ3v) is 2.39. The van der Waals surface area contributed by atoms with E-state index in [1.165, 1.54) is 12.5 Å². The summed E-state index contributed by atoms with van der Waals surface area (Å²) in [6.45, 7) is -0.106. The molecular weight excluding hydrogens is 246 g/mol. The predicted octanol–water partition coefficient (Wildman–Crippen LogP) is 1.72. The molecule has 0 saturated heterocycles. The number of carbonyl (C=O) groups is 1. The van der Waals surface area contributed by atoms with Gasteiger partial charge in [0.25, 0.3) is 0 Å². The van der Waals surface area contributed by atoms with Gasteiger partial charge in [-0.25, -0.2) is 14.8 Å². The van der Waals surface area contributed by atoms with E-state index in [2.05, 4.69) is 15.3 Å². The van der Waals surface area contributed by atoms with Crippen LogP contribution in [0, 0.1) is 0 Å². The summed E-state index contributed by atoms with van der Waals surface area (Å²) in [5.74, 6) is 0. The molecule has 6 heteroatoms. The fourth-order valence-electron chi connectivity index (χ4n) is 1.45. The Labute approximate surface area is 110 Å². The van der Waals surface area contributed by atoms with E-state index < -0.39 is 6.09 Å². The van der Waals surface area contributed by atoms with Crippen LogP contribution in [-0.2, 0) is 18.0 Å². The van der Waals surface area contributed by atoms with Gasteiger partial charge in [0, 0.05) is 0 Å². The highest BCUT2D eigenvalue weighted by molar-refractivity contribution is 5.84. The predicted molar refractivity (Wildman–Crippen MR) is 68.2 cm³/mol. The second kappa shape index (κ2) is 6.46. The van der Waals surface area contributed by atoms with Crippen LogP contribution in [0.2, 0.25) is 0 Å². The van der Waals surface area contributed by atoms with Gasteiger partial charge in [-0.15, -0.1) is 0 Å². The topological polar surface area (TPSA) is 84.3 Å². The molecule has 0 aliphatic heterocycles. The lowest BCUT2D eigenvalue weighted by atomic mass is 10.2. The molecule has 98 valence electrons. The summed E-state index contributed by atoms with van der Waals surface area (Å²) >= 11 is 0. The first-order valence-corrected chi connectivity index (χ1v) is 5.67. The monoisotopic (exact) mass is 259 g/mol. The van der Waals surface area contributed by atoms with Crippen LogP contribution in [-0.4, -0.2) is 21.2 Å². The van der Waals surface area contributed by atoms with Gasteiger partial charge in [0.2, 0.25) is 0 Å². The van der Waals surface area contributed by atoms with E-state index >= 15 is 0 Å². The average molecular weight is 259 g/mol. The van der Waals surface area contributed by atoms with Gasteiger partial charge >= 0.3 is 6.09 Å². The number of aliphatic hydroxyl groups is 1. The number of hydrogen-bond donors (Lipinski definition) is 2. The molecule has 0 radical (unpaired) electrons. The summed E-state index contributed by atoms with van der Waals surface area (Å²) < 4.78 is 5.04. The second-order valence-electron chi connectivity index (χ2n) is 3.73. The number of aliphatic hydroxyl groups excluding tert-OH is 1. The van der Waals surface area contributed by atoms with Crippen LogP contribution in [0.3, 0.4) is 0 Å². The first kappa shape index (κ1) is 13.0. The molecule has 1 heterocycles. The lowest BCUT2D eigenvalue weighted by molar-refractivity contribution is 0.155. The molecule has 1 amide bonds. The number of anilines is 1. The lowest BCUT2D eigenvalue weighted by Crippen LogP contribution is -2.15. The molecule has 6 nitrogen and oxygen atoms in total. The van der Waals surface area contributed by atoms with E-state index in [-0.39, 0.29) is 13.2 Å². The summed E-state index contributed by atoms with van der Waals surface area (Å²) in [6, 6.07) is 9.34. The molecule has 0 saturated carbocycles. The van der Waals surface area contributed by atoms with Gasteiger partial charge in [0.1, 0.15) is 12.9 Å². The zero-order chi connectivity index (χ0) is 13.5. The van der Waals surface area contributed by atoms with Crippen LogP contribution in [0.25, 0.3) is 0 Å². The van der Waals surface area contributed by atoms with Crippen molar-refractivity contribution in [1.82, 2.24) is 9.97 Å². The molecule has 2 rings (SSSR count). The number of rotatable bonds is 4. The van der Waals surface area contributed by atoms with Crippen LogP contribution in [0.5, 0.6) is 0 Å². The van der Waals surface area contributed by atoms with Crippen molar-refractivity contribution in [2.45, 2.75) is 13.2 Å². The van der Waals surface area contributed by atoms with E-state index in [1.54, 1.807) is 0 Å². The standard InChI is InChI=1S/C13H13N3O3/c17-7-12-11(6-14-9-15-12)16-13(18)19-8-10-4-2-1-3-5-10/h1-6,9,17H,7-8H2,(H,16,18). The smallest absolute Gasteiger partial charge is 0.412 e. The van der Waals surface area contributed by atoms with Crippen molar-refractivity contribution in [2.24, 2.45) is 0 Å². The summed E-state index contributed by atoms with van der Waals surface area (Å²) in [5, 5.41) is 11.5. The van der Waals surface area contributed by atoms with E-state index in [4.69, 9.17) is 9.84 Å².